The zero-order valence-corrected chi connectivity index (χ0v) is 15.4. The van der Waals surface area contributed by atoms with E-state index in [-0.39, 0.29) is 17.0 Å². The Morgan fingerprint density at radius 2 is 1.92 bits per heavy atom. The summed E-state index contributed by atoms with van der Waals surface area (Å²) in [4.78, 5) is 27.7. The second-order valence-electron chi connectivity index (χ2n) is 5.30. The van der Waals surface area contributed by atoms with Crippen LogP contribution in [0.3, 0.4) is 0 Å². The lowest BCUT2D eigenvalue weighted by Crippen LogP contribution is -2.22. The molecule has 2 aromatic rings. The molecule has 6 nitrogen and oxygen atoms in total. The van der Waals surface area contributed by atoms with Crippen molar-refractivity contribution in [1.29, 1.82) is 0 Å². The third-order valence-electron chi connectivity index (χ3n) is 3.74. The quantitative estimate of drug-likeness (QED) is 0.482. The highest BCUT2D eigenvalue weighted by Gasteiger charge is 2.17. The number of halogens is 1. The van der Waals surface area contributed by atoms with Gasteiger partial charge in [0.25, 0.3) is 5.91 Å². The molecule has 1 heterocycles. The van der Waals surface area contributed by atoms with Crippen LogP contribution in [0.1, 0.15) is 28.8 Å². The molecule has 0 spiro atoms. The average Bonchev–Trinajstić information content (AvgIpc) is 2.62. The second kappa shape index (κ2) is 7.94. The Bertz CT molecular complexity index is 861. The maximum Gasteiger partial charge on any atom is 0.337 e. The van der Waals surface area contributed by atoms with Gasteiger partial charge in [-0.1, -0.05) is 25.6 Å². The van der Waals surface area contributed by atoms with E-state index in [0.717, 1.165) is 10.3 Å². The number of esters is 1. The molecule has 0 aliphatic heterocycles. The van der Waals surface area contributed by atoms with Crippen molar-refractivity contribution in [2.45, 2.75) is 12.8 Å². The molecule has 0 bridgehead atoms. The Morgan fingerprint density at radius 3 is 2.48 bits per heavy atom. The molecule has 0 saturated carbocycles. The zero-order chi connectivity index (χ0) is 18.6. The third kappa shape index (κ3) is 4.24. The van der Waals surface area contributed by atoms with Crippen molar-refractivity contribution >= 4 is 27.8 Å². The van der Waals surface area contributed by atoms with Gasteiger partial charge in [-0.3, -0.25) is 4.79 Å². The predicted molar refractivity (Wildman–Crippen MR) is 95.2 cm³/mol. The number of ether oxygens (including phenoxy) is 1. The molecule has 7 heteroatoms. The molecular weight excluding hydrogens is 388 g/mol. The molecule has 0 saturated heterocycles. The summed E-state index contributed by atoms with van der Waals surface area (Å²) >= 11 is 3.23. The van der Waals surface area contributed by atoms with Crippen LogP contribution in [0, 0.1) is 0 Å². The summed E-state index contributed by atoms with van der Waals surface area (Å²) in [7, 11) is 1.32. The van der Waals surface area contributed by atoms with Crippen molar-refractivity contribution in [3.63, 3.8) is 0 Å². The van der Waals surface area contributed by atoms with E-state index in [4.69, 9.17) is 0 Å². The summed E-state index contributed by atoms with van der Waals surface area (Å²) in [5, 5.41) is 9.75. The average molecular weight is 405 g/mol. The van der Waals surface area contributed by atoms with E-state index in [1.165, 1.54) is 13.3 Å². The summed E-state index contributed by atoms with van der Waals surface area (Å²) in [5.74, 6) is -1.28. The first-order valence-corrected chi connectivity index (χ1v) is 8.17. The summed E-state index contributed by atoms with van der Waals surface area (Å²) in [6, 6.07) is 9.99. The molecule has 1 aromatic heterocycles. The smallest absolute Gasteiger partial charge is 0.337 e. The van der Waals surface area contributed by atoms with E-state index in [1.54, 1.807) is 36.4 Å². The van der Waals surface area contributed by atoms with Crippen LogP contribution in [0.15, 0.2) is 64.2 Å². The van der Waals surface area contributed by atoms with Crippen LogP contribution in [0.5, 0.6) is 0 Å². The van der Waals surface area contributed by atoms with Gasteiger partial charge in [0, 0.05) is 17.7 Å². The van der Waals surface area contributed by atoms with Crippen molar-refractivity contribution < 1.29 is 19.5 Å². The van der Waals surface area contributed by atoms with Gasteiger partial charge in [0.05, 0.1) is 17.1 Å². The first kappa shape index (κ1) is 18.7. The molecule has 1 atom stereocenters. The van der Waals surface area contributed by atoms with Gasteiger partial charge >= 0.3 is 5.97 Å². The first-order valence-electron chi connectivity index (χ1n) is 7.37. The van der Waals surface area contributed by atoms with E-state index in [0.29, 0.717) is 10.0 Å². The standard InChI is InChI=1S/C18H17BrN2O4/c1-11(13-6-8-14(9-7-13)18(23)25-3)12(2)17(22)20-16-15(19)5-4-10-21(16)24/h4-11,24H,2H2,1,3H3. The van der Waals surface area contributed by atoms with Crippen LogP contribution in [-0.2, 0) is 9.53 Å². The number of methoxy groups -OCH3 is 1. The monoisotopic (exact) mass is 404 g/mol. The number of hydrogen-bond acceptors (Lipinski definition) is 4. The Labute approximate surface area is 153 Å². The van der Waals surface area contributed by atoms with E-state index in [9.17, 15) is 14.8 Å². The van der Waals surface area contributed by atoms with Crippen molar-refractivity contribution in [3.05, 3.63) is 75.8 Å². The van der Waals surface area contributed by atoms with Gasteiger partial charge < -0.3 is 9.94 Å². The maximum absolute atomic E-state index is 12.4. The molecule has 1 amide bonds. The number of aromatic nitrogens is 1. The van der Waals surface area contributed by atoms with Gasteiger partial charge in [-0.05, 0) is 45.8 Å². The number of amides is 1. The highest BCUT2D eigenvalue weighted by Crippen LogP contribution is 2.24. The minimum absolute atomic E-state index is 0.0851. The molecule has 0 aliphatic carbocycles. The number of rotatable bonds is 4. The summed E-state index contributed by atoms with van der Waals surface area (Å²) in [6.45, 7) is 5.63. The van der Waals surface area contributed by atoms with E-state index in [1.807, 2.05) is 6.92 Å². The van der Waals surface area contributed by atoms with Gasteiger partial charge in [-0.2, -0.15) is 9.72 Å². The Morgan fingerprint density at radius 1 is 1.28 bits per heavy atom. The number of pyridine rings is 1. The molecule has 1 unspecified atom stereocenters. The fourth-order valence-electron chi connectivity index (χ4n) is 2.15. The molecule has 1 aromatic carbocycles. The van der Waals surface area contributed by atoms with Crippen molar-refractivity contribution in [1.82, 2.24) is 4.73 Å². The van der Waals surface area contributed by atoms with Gasteiger partial charge in [-0.25, -0.2) is 4.79 Å². The fourth-order valence-corrected chi connectivity index (χ4v) is 2.57. The van der Waals surface area contributed by atoms with Crippen LogP contribution in [0.2, 0.25) is 0 Å². The lowest BCUT2D eigenvalue weighted by molar-refractivity contribution is -0.115. The third-order valence-corrected chi connectivity index (χ3v) is 4.36. The van der Waals surface area contributed by atoms with E-state index in [2.05, 4.69) is 32.2 Å². The Hall–Kier alpha value is -2.67. The first-order chi connectivity index (χ1) is 11.8. The highest BCUT2D eigenvalue weighted by molar-refractivity contribution is 9.10. The molecule has 0 aliphatic rings. The number of carbonyl (C=O) groups is 2. The summed E-state index contributed by atoms with van der Waals surface area (Å²) < 4.78 is 5.89. The lowest BCUT2D eigenvalue weighted by atomic mass is 9.93. The van der Waals surface area contributed by atoms with E-state index >= 15 is 0 Å². The molecular formula is C18H17BrN2O4. The largest absolute Gasteiger partial charge is 0.465 e. The van der Waals surface area contributed by atoms with Crippen molar-refractivity contribution in [2.75, 3.05) is 7.11 Å². The van der Waals surface area contributed by atoms with Crippen LogP contribution in [0.4, 0.5) is 0 Å². The molecule has 130 valence electrons. The molecule has 1 N–H and O–H groups in total. The SMILES string of the molecule is C=C(C(=O)N=c1c(Br)cccn1O)C(C)c1ccc(C(=O)OC)cc1. The molecule has 25 heavy (non-hydrogen) atoms. The number of hydrogen-bond donors (Lipinski definition) is 1. The summed E-state index contributed by atoms with van der Waals surface area (Å²) in [5.41, 5.74) is 1.59. The number of benzene rings is 1. The van der Waals surface area contributed by atoms with Crippen LogP contribution < -0.4 is 5.49 Å². The molecule has 2 rings (SSSR count). The molecule has 0 radical (unpaired) electrons. The number of carbonyl (C=O) groups excluding carboxylic acids is 2. The van der Waals surface area contributed by atoms with Crippen molar-refractivity contribution in [3.8, 4) is 0 Å². The highest BCUT2D eigenvalue weighted by atomic mass is 79.9. The van der Waals surface area contributed by atoms with Gasteiger partial charge in [-0.15, -0.1) is 0 Å². The fraction of sp³-hybridized carbons (Fsp3) is 0.167. The summed E-state index contributed by atoms with van der Waals surface area (Å²) in [6.07, 6.45) is 1.37. The zero-order valence-electron chi connectivity index (χ0n) is 13.8. The minimum Gasteiger partial charge on any atom is -0.465 e. The second-order valence-corrected chi connectivity index (χ2v) is 6.16. The predicted octanol–water partition coefficient (Wildman–Crippen LogP) is 3.06. The Kier molecular flexibility index (Phi) is 5.93. The molecule has 0 fully saturated rings. The van der Waals surface area contributed by atoms with Gasteiger partial charge in [0.15, 0.2) is 5.49 Å². The topological polar surface area (TPSA) is 80.9 Å². The van der Waals surface area contributed by atoms with Gasteiger partial charge in [0.2, 0.25) is 0 Å². The van der Waals surface area contributed by atoms with Crippen molar-refractivity contribution in [2.24, 2.45) is 4.99 Å². The lowest BCUT2D eigenvalue weighted by Gasteiger charge is -2.13. The van der Waals surface area contributed by atoms with E-state index < -0.39 is 11.9 Å². The number of nitrogens with zero attached hydrogens (tertiary/aromatic N) is 2. The maximum atomic E-state index is 12.4. The van der Waals surface area contributed by atoms with Crippen LogP contribution in [0.25, 0.3) is 0 Å². The Balaban J connectivity index is 2.25. The van der Waals surface area contributed by atoms with Crippen LogP contribution in [-0.4, -0.2) is 28.9 Å². The minimum atomic E-state index is -0.542. The normalized spacial score (nSPS) is 12.5. The van der Waals surface area contributed by atoms with Crippen LogP contribution >= 0.6 is 15.9 Å². The van der Waals surface area contributed by atoms with Gasteiger partial charge in [0.1, 0.15) is 0 Å².